The Hall–Kier alpha value is -2.90. The van der Waals surface area contributed by atoms with Gasteiger partial charge in [0.2, 0.25) is 0 Å². The number of halogens is 1. The number of carbonyl (C=O) groups is 1. The van der Waals surface area contributed by atoms with E-state index in [0.29, 0.717) is 11.0 Å². The zero-order valence-corrected chi connectivity index (χ0v) is 21.9. The Kier molecular flexibility index (Phi) is 7.24. The topological polar surface area (TPSA) is 57.0 Å². The molecule has 0 spiro atoms. The van der Waals surface area contributed by atoms with Gasteiger partial charge in [-0.3, -0.25) is 9.36 Å². The molecule has 1 atom stereocenters. The first kappa shape index (κ1) is 24.2. The first-order valence-electron chi connectivity index (χ1n) is 10.9. The molecule has 0 bridgehead atoms. The number of esters is 1. The Morgan fingerprint density at radius 2 is 1.59 bits per heavy atom. The molecule has 0 radical (unpaired) electrons. The molecule has 0 amide bonds. The minimum atomic E-state index is -0.569. The van der Waals surface area contributed by atoms with Crippen LogP contribution in [0.25, 0.3) is 17.1 Å². The van der Waals surface area contributed by atoms with Crippen molar-refractivity contribution in [1.29, 1.82) is 0 Å². The lowest BCUT2D eigenvalue weighted by Crippen LogP contribution is -2.12. The monoisotopic (exact) mass is 535 g/mol. The number of hydrogen-bond acceptors (Lipinski definition) is 5. The van der Waals surface area contributed by atoms with Crippen LogP contribution in [0.4, 0.5) is 0 Å². The van der Waals surface area contributed by atoms with Crippen molar-refractivity contribution in [3.63, 3.8) is 0 Å². The van der Waals surface area contributed by atoms with E-state index in [0.717, 1.165) is 21.3 Å². The van der Waals surface area contributed by atoms with Gasteiger partial charge in [-0.25, -0.2) is 0 Å². The summed E-state index contributed by atoms with van der Waals surface area (Å²) < 4.78 is 8.08. The fraction of sp³-hybridized carbons (Fsp3) is 0.222. The molecule has 174 valence electrons. The van der Waals surface area contributed by atoms with Crippen molar-refractivity contribution in [3.8, 4) is 17.1 Å². The molecule has 4 aromatic rings. The predicted molar refractivity (Wildman–Crippen MR) is 140 cm³/mol. The van der Waals surface area contributed by atoms with Crippen molar-refractivity contribution in [2.45, 2.75) is 36.6 Å². The number of rotatable bonds is 6. The lowest BCUT2D eigenvalue weighted by molar-refractivity contribution is -0.140. The minimum absolute atomic E-state index is 0.0579. The van der Waals surface area contributed by atoms with Gasteiger partial charge in [0.25, 0.3) is 0 Å². The molecular weight excluding hydrogens is 510 g/mol. The molecule has 0 saturated carbocycles. The van der Waals surface area contributed by atoms with Crippen molar-refractivity contribution in [2.24, 2.45) is 0 Å². The molecule has 7 heteroatoms. The highest BCUT2D eigenvalue weighted by Gasteiger charge is 2.27. The smallest absolute Gasteiger partial charge is 0.323 e. The summed E-state index contributed by atoms with van der Waals surface area (Å²) in [5, 5.41) is 9.08. The van der Waals surface area contributed by atoms with Crippen LogP contribution < -0.4 is 0 Å². The third kappa shape index (κ3) is 5.26. The lowest BCUT2D eigenvalue weighted by Gasteiger charge is -2.19. The second-order valence-electron chi connectivity index (χ2n) is 8.88. The van der Waals surface area contributed by atoms with Crippen LogP contribution in [-0.2, 0) is 14.9 Å². The van der Waals surface area contributed by atoms with E-state index in [-0.39, 0.29) is 11.4 Å². The molecule has 1 aromatic heterocycles. The summed E-state index contributed by atoms with van der Waals surface area (Å²) in [5.74, 6) is 0.375. The van der Waals surface area contributed by atoms with E-state index < -0.39 is 5.25 Å². The van der Waals surface area contributed by atoms with Crippen molar-refractivity contribution < 1.29 is 9.53 Å². The maximum atomic E-state index is 12.7. The molecule has 34 heavy (non-hydrogen) atoms. The van der Waals surface area contributed by atoms with Gasteiger partial charge in [0.1, 0.15) is 5.25 Å². The number of nitrogens with zero attached hydrogens (tertiary/aromatic N) is 3. The third-order valence-electron chi connectivity index (χ3n) is 5.47. The van der Waals surface area contributed by atoms with E-state index in [2.05, 4.69) is 71.2 Å². The van der Waals surface area contributed by atoms with E-state index >= 15 is 0 Å². The summed E-state index contributed by atoms with van der Waals surface area (Å²) in [7, 11) is 1.40. The minimum Gasteiger partial charge on any atom is -0.468 e. The second-order valence-corrected chi connectivity index (χ2v) is 10.9. The summed E-state index contributed by atoms with van der Waals surface area (Å²) >= 11 is 4.84. The van der Waals surface area contributed by atoms with Crippen molar-refractivity contribution in [2.75, 3.05) is 7.11 Å². The van der Waals surface area contributed by atoms with Gasteiger partial charge in [-0.1, -0.05) is 103 Å². The number of methoxy groups -OCH3 is 1. The average molecular weight is 536 g/mol. The Morgan fingerprint density at radius 1 is 0.941 bits per heavy atom. The normalized spacial score (nSPS) is 12.4. The van der Waals surface area contributed by atoms with Gasteiger partial charge in [0.15, 0.2) is 11.0 Å². The van der Waals surface area contributed by atoms with Crippen LogP contribution in [0.15, 0.2) is 88.5 Å². The van der Waals surface area contributed by atoms with Crippen LogP contribution >= 0.6 is 27.7 Å². The zero-order valence-electron chi connectivity index (χ0n) is 19.5. The Balaban J connectivity index is 1.81. The molecule has 1 unspecified atom stereocenters. The maximum Gasteiger partial charge on any atom is 0.323 e. The van der Waals surface area contributed by atoms with Gasteiger partial charge in [-0.15, -0.1) is 10.2 Å². The van der Waals surface area contributed by atoms with E-state index in [1.54, 1.807) is 0 Å². The largest absolute Gasteiger partial charge is 0.468 e. The van der Waals surface area contributed by atoms with Crippen LogP contribution in [0.1, 0.15) is 37.1 Å². The van der Waals surface area contributed by atoms with Crippen molar-refractivity contribution in [1.82, 2.24) is 14.8 Å². The maximum absolute atomic E-state index is 12.7. The summed E-state index contributed by atoms with van der Waals surface area (Å²) in [5.41, 5.74) is 4.01. The van der Waals surface area contributed by atoms with Crippen LogP contribution in [0.5, 0.6) is 0 Å². The van der Waals surface area contributed by atoms with Gasteiger partial charge in [-0.05, 0) is 40.8 Å². The molecule has 5 nitrogen and oxygen atoms in total. The fourth-order valence-corrected chi connectivity index (χ4v) is 4.91. The highest BCUT2D eigenvalue weighted by Crippen LogP contribution is 2.38. The van der Waals surface area contributed by atoms with Crippen LogP contribution in [0.3, 0.4) is 0 Å². The highest BCUT2D eigenvalue weighted by atomic mass is 79.9. The summed E-state index contributed by atoms with van der Waals surface area (Å²) in [4.78, 5) is 12.7. The molecular formula is C27H26BrN3O2S. The van der Waals surface area contributed by atoms with E-state index in [9.17, 15) is 4.79 Å². The molecule has 0 N–H and O–H groups in total. The molecule has 0 fully saturated rings. The quantitative estimate of drug-likeness (QED) is 0.196. The summed E-state index contributed by atoms with van der Waals surface area (Å²) in [6, 6.07) is 25.9. The van der Waals surface area contributed by atoms with Gasteiger partial charge in [-0.2, -0.15) is 0 Å². The molecule has 0 aliphatic heterocycles. The Morgan fingerprint density at radius 3 is 2.18 bits per heavy atom. The number of carbonyl (C=O) groups excluding carboxylic acids is 1. The SMILES string of the molecule is COC(=O)C(Sc1nnc(-c2ccc(C(C)(C)C)cc2)n1-c1ccc(Br)cc1)c1ccccc1. The first-order chi connectivity index (χ1) is 16.3. The standard InChI is InChI=1S/C27H26BrN3O2S/c1-27(2,3)20-12-10-19(11-13-20)24-29-30-26(31(24)22-16-14-21(28)15-17-22)34-23(25(32)33-4)18-8-6-5-7-9-18/h5-17,23H,1-4H3. The van der Waals surface area contributed by atoms with Gasteiger partial charge < -0.3 is 4.74 Å². The Labute approximate surface area is 212 Å². The van der Waals surface area contributed by atoms with Crippen LogP contribution in [0, 0.1) is 0 Å². The van der Waals surface area contributed by atoms with Crippen LogP contribution in [-0.4, -0.2) is 27.8 Å². The van der Waals surface area contributed by atoms with E-state index in [1.165, 1.54) is 24.4 Å². The average Bonchev–Trinajstić information content (AvgIpc) is 3.26. The number of benzene rings is 3. The van der Waals surface area contributed by atoms with Gasteiger partial charge in [0.05, 0.1) is 7.11 Å². The number of thioether (sulfide) groups is 1. The van der Waals surface area contributed by atoms with Gasteiger partial charge in [0, 0.05) is 15.7 Å². The molecule has 0 saturated heterocycles. The predicted octanol–water partition coefficient (Wildman–Crippen LogP) is 7.00. The van der Waals surface area contributed by atoms with Crippen molar-refractivity contribution in [3.05, 3.63) is 94.5 Å². The van der Waals surface area contributed by atoms with Crippen LogP contribution in [0.2, 0.25) is 0 Å². The first-order valence-corrected chi connectivity index (χ1v) is 12.6. The lowest BCUT2D eigenvalue weighted by atomic mass is 9.87. The zero-order chi connectivity index (χ0) is 24.3. The van der Waals surface area contributed by atoms with Gasteiger partial charge >= 0.3 is 5.97 Å². The third-order valence-corrected chi connectivity index (χ3v) is 7.17. The second kappa shape index (κ2) is 10.2. The molecule has 4 rings (SSSR count). The number of ether oxygens (including phenoxy) is 1. The van der Waals surface area contributed by atoms with Crippen molar-refractivity contribution >= 4 is 33.7 Å². The number of hydrogen-bond donors (Lipinski definition) is 0. The van der Waals surface area contributed by atoms with E-state index in [4.69, 9.17) is 4.74 Å². The molecule has 1 heterocycles. The summed E-state index contributed by atoms with van der Waals surface area (Å²) in [6.07, 6.45) is 0. The molecule has 3 aromatic carbocycles. The fourth-order valence-electron chi connectivity index (χ4n) is 3.57. The molecule has 0 aliphatic rings. The number of aromatic nitrogens is 3. The molecule has 0 aliphatic carbocycles. The summed E-state index contributed by atoms with van der Waals surface area (Å²) in [6.45, 7) is 6.58. The van der Waals surface area contributed by atoms with E-state index in [1.807, 2.05) is 59.2 Å². The highest BCUT2D eigenvalue weighted by molar-refractivity contribution is 9.10. The Bertz CT molecular complexity index is 1260.